The lowest BCUT2D eigenvalue weighted by molar-refractivity contribution is 0.184. The molecule has 100 valence electrons. The highest BCUT2D eigenvalue weighted by molar-refractivity contribution is 5.26. The third-order valence-electron chi connectivity index (χ3n) is 3.22. The van der Waals surface area contributed by atoms with Crippen molar-refractivity contribution < 1.29 is 4.74 Å². The average molecular weight is 256 g/mol. The van der Waals surface area contributed by atoms with Gasteiger partial charge in [0, 0.05) is 32.1 Å². The largest absolute Gasteiger partial charge is 0.380 e. The number of nitrogens with zero attached hydrogens (tertiary/aromatic N) is 1. The Labute approximate surface area is 114 Å². The number of nitrogens with one attached hydrogen (secondary N) is 1. The maximum Gasteiger partial charge on any atom is 0.0716 e. The number of methoxy groups -OCH3 is 1. The molecule has 1 aromatic carbocycles. The fourth-order valence-corrected chi connectivity index (χ4v) is 2.06. The summed E-state index contributed by atoms with van der Waals surface area (Å²) in [5, 5.41) is 3.53. The fourth-order valence-electron chi connectivity index (χ4n) is 2.06. The molecular weight excluding hydrogens is 236 g/mol. The van der Waals surface area contributed by atoms with E-state index in [0.29, 0.717) is 12.6 Å². The van der Waals surface area contributed by atoms with Crippen LogP contribution in [0.2, 0.25) is 0 Å². The second-order valence-electron chi connectivity index (χ2n) is 4.58. The summed E-state index contributed by atoms with van der Waals surface area (Å²) in [5.74, 6) is 0. The molecule has 1 aromatic heterocycles. The van der Waals surface area contributed by atoms with Crippen LogP contribution in [0.4, 0.5) is 0 Å². The second-order valence-corrected chi connectivity index (χ2v) is 4.58. The van der Waals surface area contributed by atoms with E-state index in [2.05, 4.69) is 35.4 Å². The van der Waals surface area contributed by atoms with Crippen molar-refractivity contribution >= 4 is 0 Å². The molecule has 0 amide bonds. The van der Waals surface area contributed by atoms with Crippen molar-refractivity contribution in [3.05, 3.63) is 65.5 Å². The minimum Gasteiger partial charge on any atom is -0.380 e. The molecule has 0 fully saturated rings. The first-order valence-corrected chi connectivity index (χ1v) is 6.50. The van der Waals surface area contributed by atoms with E-state index in [4.69, 9.17) is 4.74 Å². The van der Waals surface area contributed by atoms with Gasteiger partial charge in [-0.05, 0) is 35.7 Å². The smallest absolute Gasteiger partial charge is 0.0716 e. The molecule has 3 heteroatoms. The standard InChI is InChI=1S/C16H20N2O/c1-13(14-7-9-17-10-8-14)18-11-15-5-3-4-6-16(15)12-19-2/h3-10,13,18H,11-12H2,1-2H3. The van der Waals surface area contributed by atoms with Crippen LogP contribution in [0, 0.1) is 0 Å². The Hall–Kier alpha value is -1.71. The molecular formula is C16H20N2O. The summed E-state index contributed by atoms with van der Waals surface area (Å²) in [4.78, 5) is 4.04. The van der Waals surface area contributed by atoms with Crippen LogP contribution in [0.5, 0.6) is 0 Å². The maximum atomic E-state index is 5.22. The third kappa shape index (κ3) is 3.88. The van der Waals surface area contributed by atoms with Crippen molar-refractivity contribution in [2.75, 3.05) is 7.11 Å². The lowest BCUT2D eigenvalue weighted by atomic mass is 10.1. The van der Waals surface area contributed by atoms with Crippen LogP contribution < -0.4 is 5.32 Å². The van der Waals surface area contributed by atoms with Gasteiger partial charge in [0.25, 0.3) is 0 Å². The molecule has 1 atom stereocenters. The molecule has 0 spiro atoms. The molecule has 2 aromatic rings. The first-order chi connectivity index (χ1) is 9.31. The van der Waals surface area contributed by atoms with E-state index in [1.807, 2.05) is 30.6 Å². The van der Waals surface area contributed by atoms with E-state index >= 15 is 0 Å². The number of hydrogen-bond acceptors (Lipinski definition) is 3. The van der Waals surface area contributed by atoms with Crippen LogP contribution in [0.1, 0.15) is 29.7 Å². The van der Waals surface area contributed by atoms with Crippen molar-refractivity contribution in [3.8, 4) is 0 Å². The Morgan fingerprint density at radius 3 is 2.47 bits per heavy atom. The van der Waals surface area contributed by atoms with Crippen LogP contribution in [0.15, 0.2) is 48.8 Å². The number of ether oxygens (including phenoxy) is 1. The normalized spacial score (nSPS) is 12.3. The molecule has 3 nitrogen and oxygen atoms in total. The number of pyridine rings is 1. The summed E-state index contributed by atoms with van der Waals surface area (Å²) in [6, 6.07) is 12.7. The monoisotopic (exact) mass is 256 g/mol. The highest BCUT2D eigenvalue weighted by Gasteiger charge is 2.06. The number of benzene rings is 1. The SMILES string of the molecule is COCc1ccccc1CNC(C)c1ccncc1. The lowest BCUT2D eigenvalue weighted by Gasteiger charge is -2.16. The van der Waals surface area contributed by atoms with E-state index in [-0.39, 0.29) is 0 Å². The maximum absolute atomic E-state index is 5.22. The second kappa shape index (κ2) is 7.02. The van der Waals surface area contributed by atoms with Gasteiger partial charge in [-0.2, -0.15) is 0 Å². The van der Waals surface area contributed by atoms with Gasteiger partial charge in [0.05, 0.1) is 6.61 Å². The Kier molecular flexibility index (Phi) is 5.07. The number of aromatic nitrogens is 1. The number of hydrogen-bond donors (Lipinski definition) is 1. The van der Waals surface area contributed by atoms with Gasteiger partial charge >= 0.3 is 0 Å². The zero-order valence-corrected chi connectivity index (χ0v) is 11.5. The average Bonchev–Trinajstić information content (AvgIpc) is 2.47. The summed E-state index contributed by atoms with van der Waals surface area (Å²) < 4.78 is 5.22. The zero-order valence-electron chi connectivity index (χ0n) is 11.5. The van der Waals surface area contributed by atoms with Crippen molar-refractivity contribution in [2.24, 2.45) is 0 Å². The minimum absolute atomic E-state index is 0.304. The molecule has 0 aliphatic carbocycles. The molecule has 19 heavy (non-hydrogen) atoms. The van der Waals surface area contributed by atoms with Crippen molar-refractivity contribution in [1.82, 2.24) is 10.3 Å². The van der Waals surface area contributed by atoms with Crippen LogP contribution >= 0.6 is 0 Å². The molecule has 1 N–H and O–H groups in total. The zero-order chi connectivity index (χ0) is 13.5. The molecule has 1 unspecified atom stereocenters. The Bertz CT molecular complexity index is 499. The third-order valence-corrected chi connectivity index (χ3v) is 3.22. The molecule has 0 bridgehead atoms. The lowest BCUT2D eigenvalue weighted by Crippen LogP contribution is -2.19. The quantitative estimate of drug-likeness (QED) is 0.862. The first-order valence-electron chi connectivity index (χ1n) is 6.50. The van der Waals surface area contributed by atoms with Crippen LogP contribution in [-0.4, -0.2) is 12.1 Å². The Morgan fingerprint density at radius 1 is 1.11 bits per heavy atom. The molecule has 0 aliphatic rings. The van der Waals surface area contributed by atoms with E-state index in [1.165, 1.54) is 16.7 Å². The summed E-state index contributed by atoms with van der Waals surface area (Å²) in [6.07, 6.45) is 3.65. The van der Waals surface area contributed by atoms with Gasteiger partial charge in [-0.15, -0.1) is 0 Å². The molecule has 2 rings (SSSR count). The molecule has 0 saturated heterocycles. The summed E-state index contributed by atoms with van der Waals surface area (Å²) in [5.41, 5.74) is 3.77. The highest BCUT2D eigenvalue weighted by Crippen LogP contribution is 2.14. The van der Waals surface area contributed by atoms with E-state index < -0.39 is 0 Å². The van der Waals surface area contributed by atoms with Gasteiger partial charge in [0.15, 0.2) is 0 Å². The van der Waals surface area contributed by atoms with Crippen molar-refractivity contribution in [3.63, 3.8) is 0 Å². The van der Waals surface area contributed by atoms with Gasteiger partial charge in [-0.1, -0.05) is 24.3 Å². The molecule has 0 saturated carbocycles. The fraction of sp³-hybridized carbons (Fsp3) is 0.312. The van der Waals surface area contributed by atoms with Crippen LogP contribution in [0.25, 0.3) is 0 Å². The minimum atomic E-state index is 0.304. The highest BCUT2D eigenvalue weighted by atomic mass is 16.5. The van der Waals surface area contributed by atoms with Gasteiger partial charge in [-0.3, -0.25) is 4.98 Å². The van der Waals surface area contributed by atoms with Gasteiger partial charge in [0.1, 0.15) is 0 Å². The van der Waals surface area contributed by atoms with Crippen molar-refractivity contribution in [2.45, 2.75) is 26.1 Å². The summed E-state index contributed by atoms with van der Waals surface area (Å²) in [7, 11) is 1.73. The number of rotatable bonds is 6. The molecule has 0 aliphatic heterocycles. The van der Waals surface area contributed by atoms with Crippen LogP contribution in [0.3, 0.4) is 0 Å². The van der Waals surface area contributed by atoms with E-state index in [1.54, 1.807) is 7.11 Å². The first kappa shape index (κ1) is 13.7. The Balaban J connectivity index is 1.99. The molecule has 0 radical (unpaired) electrons. The predicted octanol–water partition coefficient (Wildman–Crippen LogP) is 3.08. The van der Waals surface area contributed by atoms with E-state index in [9.17, 15) is 0 Å². The van der Waals surface area contributed by atoms with Gasteiger partial charge in [0.2, 0.25) is 0 Å². The Morgan fingerprint density at radius 2 is 1.79 bits per heavy atom. The van der Waals surface area contributed by atoms with E-state index in [0.717, 1.165) is 6.54 Å². The van der Waals surface area contributed by atoms with Crippen molar-refractivity contribution in [1.29, 1.82) is 0 Å². The van der Waals surface area contributed by atoms with Gasteiger partial charge in [-0.25, -0.2) is 0 Å². The molecule has 1 heterocycles. The van der Waals surface area contributed by atoms with Gasteiger partial charge < -0.3 is 10.1 Å². The van der Waals surface area contributed by atoms with Crippen LogP contribution in [-0.2, 0) is 17.9 Å². The topological polar surface area (TPSA) is 34.1 Å². The predicted molar refractivity (Wildman–Crippen MR) is 76.6 cm³/mol. The summed E-state index contributed by atoms with van der Waals surface area (Å²) >= 11 is 0. The summed E-state index contributed by atoms with van der Waals surface area (Å²) in [6.45, 7) is 3.65.